The SMILES string of the molecule is NC(=S)c1cc(COc2cccc(Br)c2)ccc1F. The third kappa shape index (κ3) is 3.75. The monoisotopic (exact) mass is 339 g/mol. The van der Waals surface area contributed by atoms with Crippen molar-refractivity contribution in [1.82, 2.24) is 0 Å². The quantitative estimate of drug-likeness (QED) is 0.860. The highest BCUT2D eigenvalue weighted by atomic mass is 79.9. The molecule has 19 heavy (non-hydrogen) atoms. The van der Waals surface area contributed by atoms with Crippen LogP contribution in [0.5, 0.6) is 5.75 Å². The van der Waals surface area contributed by atoms with Gasteiger partial charge in [0.25, 0.3) is 0 Å². The van der Waals surface area contributed by atoms with Gasteiger partial charge in [-0.3, -0.25) is 0 Å². The number of halogens is 2. The van der Waals surface area contributed by atoms with Crippen molar-refractivity contribution in [2.45, 2.75) is 6.61 Å². The Kier molecular flexibility index (Phi) is 4.50. The van der Waals surface area contributed by atoms with Crippen LogP contribution in [0.3, 0.4) is 0 Å². The molecule has 98 valence electrons. The summed E-state index contributed by atoms with van der Waals surface area (Å²) in [5.41, 5.74) is 6.51. The van der Waals surface area contributed by atoms with E-state index in [-0.39, 0.29) is 10.6 Å². The van der Waals surface area contributed by atoms with E-state index >= 15 is 0 Å². The summed E-state index contributed by atoms with van der Waals surface area (Å²) in [6, 6.07) is 12.1. The molecule has 5 heteroatoms. The van der Waals surface area contributed by atoms with Gasteiger partial charge < -0.3 is 10.5 Å². The zero-order valence-corrected chi connectivity index (χ0v) is 12.3. The Morgan fingerprint density at radius 1 is 1.26 bits per heavy atom. The second kappa shape index (κ2) is 6.12. The van der Waals surface area contributed by atoms with E-state index in [4.69, 9.17) is 22.7 Å². The molecular weight excluding hydrogens is 329 g/mol. The molecule has 0 radical (unpaired) electrons. The third-order valence-corrected chi connectivity index (χ3v) is 3.21. The molecule has 0 aliphatic rings. The van der Waals surface area contributed by atoms with E-state index in [0.717, 1.165) is 15.8 Å². The third-order valence-electron chi connectivity index (χ3n) is 2.50. The van der Waals surface area contributed by atoms with E-state index in [1.807, 2.05) is 24.3 Å². The normalized spacial score (nSPS) is 10.2. The van der Waals surface area contributed by atoms with E-state index in [9.17, 15) is 4.39 Å². The Balaban J connectivity index is 2.12. The minimum absolute atomic E-state index is 0.0433. The minimum atomic E-state index is -0.418. The van der Waals surface area contributed by atoms with E-state index in [1.54, 1.807) is 12.1 Å². The van der Waals surface area contributed by atoms with Crippen molar-refractivity contribution in [1.29, 1.82) is 0 Å². The highest BCUT2D eigenvalue weighted by molar-refractivity contribution is 9.10. The lowest BCUT2D eigenvalue weighted by atomic mass is 10.1. The Morgan fingerprint density at radius 3 is 2.74 bits per heavy atom. The van der Waals surface area contributed by atoms with Crippen molar-refractivity contribution < 1.29 is 9.13 Å². The molecule has 0 unspecified atom stereocenters. The second-order valence-corrected chi connectivity index (χ2v) is 5.28. The van der Waals surface area contributed by atoms with Crippen molar-refractivity contribution >= 4 is 33.1 Å². The predicted molar refractivity (Wildman–Crippen MR) is 80.8 cm³/mol. The maximum atomic E-state index is 13.4. The van der Waals surface area contributed by atoms with Crippen LogP contribution in [0.15, 0.2) is 46.9 Å². The number of hydrogen-bond acceptors (Lipinski definition) is 2. The Morgan fingerprint density at radius 2 is 2.05 bits per heavy atom. The molecule has 0 saturated carbocycles. The fourth-order valence-electron chi connectivity index (χ4n) is 1.57. The van der Waals surface area contributed by atoms with Crippen LogP contribution in [0.25, 0.3) is 0 Å². The number of hydrogen-bond donors (Lipinski definition) is 1. The number of rotatable bonds is 4. The number of thiocarbonyl (C=S) groups is 1. The van der Waals surface area contributed by atoms with Gasteiger partial charge in [0.2, 0.25) is 0 Å². The Bertz CT molecular complexity index is 618. The summed E-state index contributed by atoms with van der Waals surface area (Å²) >= 11 is 8.16. The first-order valence-electron chi connectivity index (χ1n) is 5.53. The zero-order valence-electron chi connectivity index (χ0n) is 9.90. The lowest BCUT2D eigenvalue weighted by Gasteiger charge is -2.08. The van der Waals surface area contributed by atoms with Crippen LogP contribution in [-0.4, -0.2) is 4.99 Å². The van der Waals surface area contributed by atoms with Gasteiger partial charge >= 0.3 is 0 Å². The number of ether oxygens (including phenoxy) is 1. The molecule has 0 spiro atoms. The van der Waals surface area contributed by atoms with Gasteiger partial charge in [-0.05, 0) is 35.9 Å². The van der Waals surface area contributed by atoms with Crippen LogP contribution < -0.4 is 10.5 Å². The van der Waals surface area contributed by atoms with Crippen molar-refractivity contribution in [2.75, 3.05) is 0 Å². The lowest BCUT2D eigenvalue weighted by molar-refractivity contribution is 0.306. The minimum Gasteiger partial charge on any atom is -0.489 e. The average molecular weight is 340 g/mol. The molecule has 2 nitrogen and oxygen atoms in total. The first-order chi connectivity index (χ1) is 9.06. The molecule has 0 fully saturated rings. The largest absolute Gasteiger partial charge is 0.489 e. The fourth-order valence-corrected chi connectivity index (χ4v) is 2.11. The van der Waals surface area contributed by atoms with E-state index in [1.165, 1.54) is 6.07 Å². The van der Waals surface area contributed by atoms with Gasteiger partial charge in [0.05, 0.1) is 0 Å². The van der Waals surface area contributed by atoms with Gasteiger partial charge in [0.1, 0.15) is 23.2 Å². The van der Waals surface area contributed by atoms with Crippen molar-refractivity contribution in [3.8, 4) is 5.75 Å². The molecule has 2 aromatic rings. The lowest BCUT2D eigenvalue weighted by Crippen LogP contribution is -2.12. The molecule has 0 heterocycles. The second-order valence-electron chi connectivity index (χ2n) is 3.92. The molecule has 0 saturated heterocycles. The van der Waals surface area contributed by atoms with Crippen molar-refractivity contribution in [2.24, 2.45) is 5.73 Å². The Hall–Kier alpha value is -1.46. The zero-order chi connectivity index (χ0) is 13.8. The Labute approximate surface area is 124 Å². The first-order valence-corrected chi connectivity index (χ1v) is 6.73. The van der Waals surface area contributed by atoms with Crippen molar-refractivity contribution in [3.63, 3.8) is 0 Å². The summed E-state index contributed by atoms with van der Waals surface area (Å²) in [4.78, 5) is 0.0433. The summed E-state index contributed by atoms with van der Waals surface area (Å²) in [7, 11) is 0. The molecule has 2 aromatic carbocycles. The molecule has 0 atom stereocenters. The van der Waals surface area contributed by atoms with Crippen LogP contribution in [-0.2, 0) is 6.61 Å². The first kappa shape index (κ1) is 14.0. The van der Waals surface area contributed by atoms with Gasteiger partial charge in [-0.15, -0.1) is 0 Å². The highest BCUT2D eigenvalue weighted by Gasteiger charge is 2.06. The topological polar surface area (TPSA) is 35.2 Å². The summed E-state index contributed by atoms with van der Waals surface area (Å²) < 4.78 is 20.0. The van der Waals surface area contributed by atoms with Gasteiger partial charge in [0.15, 0.2) is 0 Å². The molecule has 0 aromatic heterocycles. The molecule has 0 bridgehead atoms. The maximum Gasteiger partial charge on any atom is 0.133 e. The van der Waals surface area contributed by atoms with Gasteiger partial charge in [0, 0.05) is 10.0 Å². The number of nitrogens with two attached hydrogens (primary N) is 1. The van der Waals surface area contributed by atoms with E-state index < -0.39 is 5.82 Å². The van der Waals surface area contributed by atoms with E-state index in [2.05, 4.69) is 15.9 Å². The molecule has 2 N–H and O–H groups in total. The summed E-state index contributed by atoms with van der Waals surface area (Å²) in [6.07, 6.45) is 0. The van der Waals surface area contributed by atoms with E-state index in [0.29, 0.717) is 6.61 Å². The van der Waals surface area contributed by atoms with Crippen LogP contribution in [0.1, 0.15) is 11.1 Å². The summed E-state index contributed by atoms with van der Waals surface area (Å²) in [6.45, 7) is 0.326. The van der Waals surface area contributed by atoms with Gasteiger partial charge in [-0.2, -0.15) is 0 Å². The predicted octanol–water partition coefficient (Wildman–Crippen LogP) is 3.80. The number of benzene rings is 2. The molecular formula is C14H11BrFNOS. The highest BCUT2D eigenvalue weighted by Crippen LogP contribution is 2.19. The van der Waals surface area contributed by atoms with Gasteiger partial charge in [-0.25, -0.2) is 4.39 Å². The standard InChI is InChI=1S/C14H11BrFNOS/c15-10-2-1-3-11(7-10)18-8-9-4-5-13(16)12(6-9)14(17)19/h1-7H,8H2,(H2,17,19). The summed E-state index contributed by atoms with van der Waals surface area (Å²) in [5.74, 6) is 0.314. The molecule has 0 aliphatic heterocycles. The van der Waals surface area contributed by atoms with Gasteiger partial charge in [-0.1, -0.05) is 40.3 Å². The van der Waals surface area contributed by atoms with Crippen LogP contribution in [0.4, 0.5) is 4.39 Å². The molecule has 0 aliphatic carbocycles. The van der Waals surface area contributed by atoms with Crippen LogP contribution >= 0.6 is 28.1 Å². The smallest absolute Gasteiger partial charge is 0.133 e. The maximum absolute atomic E-state index is 13.4. The van der Waals surface area contributed by atoms with Crippen molar-refractivity contribution in [3.05, 3.63) is 63.9 Å². The van der Waals surface area contributed by atoms with Crippen LogP contribution in [0, 0.1) is 5.82 Å². The molecule has 0 amide bonds. The average Bonchev–Trinajstić information content (AvgIpc) is 2.37. The summed E-state index contributed by atoms with van der Waals surface area (Å²) in [5, 5.41) is 0. The fraction of sp³-hybridized carbons (Fsp3) is 0.0714. The molecule has 2 rings (SSSR count). The van der Waals surface area contributed by atoms with Crippen LogP contribution in [0.2, 0.25) is 0 Å².